The number of aliphatic hydroxyl groups is 1. The topological polar surface area (TPSA) is 41.5 Å². The molecule has 90 valence electrons. The molecule has 1 fully saturated rings. The lowest BCUT2D eigenvalue weighted by Gasteiger charge is -2.36. The molecule has 15 heavy (non-hydrogen) atoms. The molecule has 0 aliphatic heterocycles. The van der Waals surface area contributed by atoms with Gasteiger partial charge in [-0.3, -0.25) is 0 Å². The van der Waals surface area contributed by atoms with Gasteiger partial charge in [-0.1, -0.05) is 6.92 Å². The molecule has 0 radical (unpaired) electrons. The van der Waals surface area contributed by atoms with E-state index in [0.29, 0.717) is 12.1 Å². The highest BCUT2D eigenvalue weighted by Gasteiger charge is 2.31. The van der Waals surface area contributed by atoms with Gasteiger partial charge < -0.3 is 15.2 Å². The summed E-state index contributed by atoms with van der Waals surface area (Å²) < 4.78 is 5.10. The third-order valence-electron chi connectivity index (χ3n) is 3.51. The fraction of sp³-hybridized carbons (Fsp3) is 1.00. The van der Waals surface area contributed by atoms with Gasteiger partial charge in [-0.05, 0) is 39.0 Å². The molecule has 3 nitrogen and oxygen atoms in total. The summed E-state index contributed by atoms with van der Waals surface area (Å²) in [7, 11) is 1.73. The summed E-state index contributed by atoms with van der Waals surface area (Å²) in [5.41, 5.74) is -0.386. The molecule has 0 spiro atoms. The zero-order valence-electron chi connectivity index (χ0n) is 10.3. The first-order chi connectivity index (χ1) is 7.09. The molecule has 0 heterocycles. The van der Waals surface area contributed by atoms with Crippen molar-refractivity contribution in [2.45, 2.75) is 63.6 Å². The molecule has 0 bridgehead atoms. The third kappa shape index (κ3) is 4.09. The van der Waals surface area contributed by atoms with Crippen molar-refractivity contribution in [1.82, 2.24) is 5.32 Å². The van der Waals surface area contributed by atoms with E-state index in [4.69, 9.17) is 4.74 Å². The van der Waals surface area contributed by atoms with Gasteiger partial charge in [0.15, 0.2) is 0 Å². The molecule has 1 rings (SSSR count). The Morgan fingerprint density at radius 1 is 1.47 bits per heavy atom. The molecule has 0 saturated heterocycles. The van der Waals surface area contributed by atoms with Crippen molar-refractivity contribution in [3.63, 3.8) is 0 Å². The highest BCUT2D eigenvalue weighted by Crippen LogP contribution is 2.30. The molecule has 3 heteroatoms. The summed E-state index contributed by atoms with van der Waals surface area (Å²) in [6.45, 7) is 4.97. The van der Waals surface area contributed by atoms with E-state index in [1.165, 1.54) is 0 Å². The van der Waals surface area contributed by atoms with Crippen LogP contribution in [0.5, 0.6) is 0 Å². The van der Waals surface area contributed by atoms with Crippen molar-refractivity contribution < 1.29 is 9.84 Å². The summed E-state index contributed by atoms with van der Waals surface area (Å²) in [5.74, 6) is 0. The van der Waals surface area contributed by atoms with Crippen molar-refractivity contribution in [2.24, 2.45) is 0 Å². The van der Waals surface area contributed by atoms with Gasteiger partial charge >= 0.3 is 0 Å². The fourth-order valence-corrected chi connectivity index (χ4v) is 2.38. The first-order valence-corrected chi connectivity index (χ1v) is 6.07. The van der Waals surface area contributed by atoms with Crippen LogP contribution in [0.15, 0.2) is 0 Å². The first kappa shape index (κ1) is 12.9. The number of hydrogen-bond acceptors (Lipinski definition) is 3. The van der Waals surface area contributed by atoms with Gasteiger partial charge in [0.05, 0.1) is 12.2 Å². The quantitative estimate of drug-likeness (QED) is 0.733. The lowest BCUT2D eigenvalue weighted by Crippen LogP contribution is -2.45. The Bertz CT molecular complexity index is 176. The Morgan fingerprint density at radius 2 is 2.07 bits per heavy atom. The van der Waals surface area contributed by atoms with Crippen LogP contribution in [0.3, 0.4) is 0 Å². The van der Waals surface area contributed by atoms with E-state index in [0.717, 1.165) is 38.7 Å². The van der Waals surface area contributed by atoms with Crippen molar-refractivity contribution in [3.8, 4) is 0 Å². The predicted octanol–water partition coefficient (Wildman–Crippen LogP) is 1.69. The van der Waals surface area contributed by atoms with Crippen LogP contribution < -0.4 is 5.32 Å². The second kappa shape index (κ2) is 5.83. The molecule has 1 unspecified atom stereocenters. The van der Waals surface area contributed by atoms with Crippen LogP contribution in [0, 0.1) is 0 Å². The molecule has 1 atom stereocenters. The third-order valence-corrected chi connectivity index (χ3v) is 3.51. The van der Waals surface area contributed by atoms with Gasteiger partial charge in [0.1, 0.15) is 0 Å². The number of nitrogens with one attached hydrogen (secondary N) is 1. The number of rotatable bonds is 5. The van der Waals surface area contributed by atoms with E-state index in [1.807, 2.05) is 0 Å². The summed E-state index contributed by atoms with van der Waals surface area (Å²) in [6.07, 6.45) is 4.91. The summed E-state index contributed by atoms with van der Waals surface area (Å²) in [5, 5.41) is 13.6. The van der Waals surface area contributed by atoms with Gasteiger partial charge in [-0.15, -0.1) is 0 Å². The van der Waals surface area contributed by atoms with Crippen LogP contribution in [0.25, 0.3) is 0 Å². The monoisotopic (exact) mass is 215 g/mol. The standard InChI is InChI=1S/C12H25NO2/c1-4-12(14)7-5-11(6-8-12)13-10(2)9-15-3/h10-11,13-14H,4-9H2,1-3H3. The molecule has 1 aliphatic rings. The van der Waals surface area contributed by atoms with Crippen LogP contribution >= 0.6 is 0 Å². The zero-order valence-corrected chi connectivity index (χ0v) is 10.3. The fourth-order valence-electron chi connectivity index (χ4n) is 2.38. The Kier molecular flexibility index (Phi) is 5.03. The molecule has 0 aromatic heterocycles. The largest absolute Gasteiger partial charge is 0.390 e. The maximum absolute atomic E-state index is 10.1. The number of methoxy groups -OCH3 is 1. The minimum atomic E-state index is -0.386. The van der Waals surface area contributed by atoms with E-state index in [1.54, 1.807) is 7.11 Å². The molecular formula is C12H25NO2. The van der Waals surface area contributed by atoms with Crippen molar-refractivity contribution in [3.05, 3.63) is 0 Å². The minimum absolute atomic E-state index is 0.386. The van der Waals surface area contributed by atoms with Crippen molar-refractivity contribution in [2.75, 3.05) is 13.7 Å². The molecular weight excluding hydrogens is 190 g/mol. The van der Waals surface area contributed by atoms with E-state index in [9.17, 15) is 5.11 Å². The van der Waals surface area contributed by atoms with Gasteiger partial charge in [-0.25, -0.2) is 0 Å². The van der Waals surface area contributed by atoms with Crippen LogP contribution in [-0.2, 0) is 4.74 Å². The molecule has 2 N–H and O–H groups in total. The average molecular weight is 215 g/mol. The molecule has 0 amide bonds. The normalized spacial score (nSPS) is 34.0. The second-order valence-corrected chi connectivity index (χ2v) is 4.88. The Balaban J connectivity index is 2.25. The highest BCUT2D eigenvalue weighted by atomic mass is 16.5. The maximum Gasteiger partial charge on any atom is 0.0646 e. The Hall–Kier alpha value is -0.120. The van der Waals surface area contributed by atoms with Crippen molar-refractivity contribution in [1.29, 1.82) is 0 Å². The lowest BCUT2D eigenvalue weighted by molar-refractivity contribution is -0.00851. The maximum atomic E-state index is 10.1. The SMILES string of the molecule is CCC1(O)CCC(NC(C)COC)CC1. The van der Waals surface area contributed by atoms with E-state index >= 15 is 0 Å². The second-order valence-electron chi connectivity index (χ2n) is 4.88. The van der Waals surface area contributed by atoms with E-state index < -0.39 is 0 Å². The Labute approximate surface area is 93.2 Å². The zero-order chi connectivity index (χ0) is 11.3. The van der Waals surface area contributed by atoms with E-state index in [-0.39, 0.29) is 5.60 Å². The van der Waals surface area contributed by atoms with E-state index in [2.05, 4.69) is 19.2 Å². The van der Waals surface area contributed by atoms with Gasteiger partial charge in [0.2, 0.25) is 0 Å². The average Bonchev–Trinajstić information content (AvgIpc) is 2.22. The summed E-state index contributed by atoms with van der Waals surface area (Å²) >= 11 is 0. The molecule has 0 aromatic rings. The predicted molar refractivity (Wildman–Crippen MR) is 62.0 cm³/mol. The molecule has 1 aliphatic carbocycles. The minimum Gasteiger partial charge on any atom is -0.390 e. The number of hydrogen-bond donors (Lipinski definition) is 2. The van der Waals surface area contributed by atoms with Crippen LogP contribution in [0.4, 0.5) is 0 Å². The van der Waals surface area contributed by atoms with Crippen LogP contribution in [-0.4, -0.2) is 36.5 Å². The van der Waals surface area contributed by atoms with Gasteiger partial charge in [0, 0.05) is 19.2 Å². The van der Waals surface area contributed by atoms with Crippen LogP contribution in [0.2, 0.25) is 0 Å². The Morgan fingerprint density at radius 3 is 2.53 bits per heavy atom. The molecule has 1 saturated carbocycles. The van der Waals surface area contributed by atoms with Gasteiger partial charge in [-0.2, -0.15) is 0 Å². The highest BCUT2D eigenvalue weighted by molar-refractivity contribution is 4.87. The summed E-state index contributed by atoms with van der Waals surface area (Å²) in [4.78, 5) is 0. The van der Waals surface area contributed by atoms with Gasteiger partial charge in [0.25, 0.3) is 0 Å². The van der Waals surface area contributed by atoms with Crippen LogP contribution in [0.1, 0.15) is 46.0 Å². The van der Waals surface area contributed by atoms with Crippen molar-refractivity contribution >= 4 is 0 Å². The smallest absolute Gasteiger partial charge is 0.0646 e. The summed E-state index contributed by atoms with van der Waals surface area (Å²) in [6, 6.07) is 0.967. The number of ether oxygens (including phenoxy) is 1. The first-order valence-electron chi connectivity index (χ1n) is 6.07. The lowest BCUT2D eigenvalue weighted by atomic mass is 9.80. The molecule has 0 aromatic carbocycles.